The molecule has 0 bridgehead atoms. The number of nitrogens with one attached hydrogen (secondary N) is 3. The number of hydrogen-bond acceptors (Lipinski definition) is 4. The van der Waals surface area contributed by atoms with E-state index in [9.17, 15) is 14.4 Å². The van der Waals surface area contributed by atoms with Crippen LogP contribution in [0.4, 0.5) is 11.5 Å². The summed E-state index contributed by atoms with van der Waals surface area (Å²) in [7, 11) is 0. The molecule has 1 aliphatic carbocycles. The molecule has 2 aromatic heterocycles. The molecule has 7 heteroatoms. The molecular weight excluding hydrogens is 296 g/mol. The number of fused-ring (bicyclic) bond motifs is 1. The summed E-state index contributed by atoms with van der Waals surface area (Å²) in [6, 6.07) is 3.23. The first kappa shape index (κ1) is 15.0. The fourth-order valence-corrected chi connectivity index (χ4v) is 2.63. The summed E-state index contributed by atoms with van der Waals surface area (Å²) in [5.41, 5.74) is 2.17. The molecule has 0 aromatic carbocycles. The van der Waals surface area contributed by atoms with E-state index in [2.05, 4.69) is 20.6 Å². The van der Waals surface area contributed by atoms with Gasteiger partial charge in [0.2, 0.25) is 5.91 Å². The van der Waals surface area contributed by atoms with Gasteiger partial charge in [0, 0.05) is 25.2 Å². The number of carbonyl (C=O) groups is 3. The van der Waals surface area contributed by atoms with Crippen molar-refractivity contribution < 1.29 is 14.4 Å². The monoisotopic (exact) mass is 312 g/mol. The van der Waals surface area contributed by atoms with Gasteiger partial charge in [0.25, 0.3) is 5.91 Å². The Kier molecular flexibility index (Phi) is 3.92. The van der Waals surface area contributed by atoms with Crippen LogP contribution in [0.25, 0.3) is 0 Å². The van der Waals surface area contributed by atoms with Crippen LogP contribution in [0, 0.1) is 0 Å². The highest BCUT2D eigenvalue weighted by atomic mass is 16.2. The summed E-state index contributed by atoms with van der Waals surface area (Å²) < 4.78 is 0. The fourth-order valence-electron chi connectivity index (χ4n) is 2.63. The largest absolute Gasteiger partial charge is 0.364 e. The number of Topliss-reactive ketones (excluding diaryl/α,β-unsaturated/α-hetero) is 1. The maximum absolute atomic E-state index is 12.4. The van der Waals surface area contributed by atoms with Gasteiger partial charge in [-0.05, 0) is 25.0 Å². The topological polar surface area (TPSA) is 104 Å². The molecule has 0 unspecified atom stereocenters. The predicted molar refractivity (Wildman–Crippen MR) is 84.6 cm³/mol. The third-order valence-electron chi connectivity index (χ3n) is 3.64. The van der Waals surface area contributed by atoms with E-state index in [4.69, 9.17) is 0 Å². The van der Waals surface area contributed by atoms with Crippen molar-refractivity contribution in [3.8, 4) is 0 Å². The van der Waals surface area contributed by atoms with Gasteiger partial charge in [-0.1, -0.05) is 0 Å². The zero-order valence-electron chi connectivity index (χ0n) is 12.6. The van der Waals surface area contributed by atoms with Gasteiger partial charge in [-0.2, -0.15) is 0 Å². The summed E-state index contributed by atoms with van der Waals surface area (Å²) >= 11 is 0. The van der Waals surface area contributed by atoms with E-state index in [1.165, 1.54) is 13.1 Å². The molecule has 3 rings (SSSR count). The van der Waals surface area contributed by atoms with Crippen LogP contribution in [-0.2, 0) is 11.2 Å². The molecule has 0 aliphatic heterocycles. The molecule has 0 saturated heterocycles. The number of aryl methyl sites for hydroxylation is 1. The van der Waals surface area contributed by atoms with Gasteiger partial charge in [-0.3, -0.25) is 14.4 Å². The van der Waals surface area contributed by atoms with Crippen molar-refractivity contribution in [2.75, 3.05) is 10.6 Å². The average Bonchev–Trinajstić information content (AvgIpc) is 2.94. The lowest BCUT2D eigenvalue weighted by molar-refractivity contribution is -0.114. The molecular formula is C16H16N4O3. The van der Waals surface area contributed by atoms with Crippen molar-refractivity contribution in [3.05, 3.63) is 41.3 Å². The molecule has 118 valence electrons. The maximum Gasteiger partial charge on any atom is 0.257 e. The standard InChI is InChI=1S/C16H16N4O3/c1-9(21)19-14-6-5-10(7-18-14)20-16(23)11-8-17-12-3-2-4-13(22)15(11)12/h5-8,17H,2-4H2,1H3,(H,20,23)(H,18,19,21). The van der Waals surface area contributed by atoms with Crippen molar-refractivity contribution >= 4 is 29.1 Å². The second-order valence-electron chi connectivity index (χ2n) is 5.40. The second kappa shape index (κ2) is 6.04. The normalized spacial score (nSPS) is 13.3. The van der Waals surface area contributed by atoms with Crippen molar-refractivity contribution in [3.63, 3.8) is 0 Å². The summed E-state index contributed by atoms with van der Waals surface area (Å²) in [5.74, 6) is -0.167. The number of rotatable bonds is 3. The molecule has 0 spiro atoms. The van der Waals surface area contributed by atoms with Crippen LogP contribution in [0.3, 0.4) is 0 Å². The van der Waals surface area contributed by atoms with Gasteiger partial charge in [0.05, 0.1) is 23.0 Å². The van der Waals surface area contributed by atoms with Crippen LogP contribution >= 0.6 is 0 Å². The quantitative estimate of drug-likeness (QED) is 0.807. The van der Waals surface area contributed by atoms with E-state index in [0.29, 0.717) is 29.1 Å². The lowest BCUT2D eigenvalue weighted by Gasteiger charge is -2.12. The number of H-pyrrole nitrogens is 1. The van der Waals surface area contributed by atoms with Crippen molar-refractivity contribution in [1.82, 2.24) is 9.97 Å². The Morgan fingerprint density at radius 3 is 2.74 bits per heavy atom. The lowest BCUT2D eigenvalue weighted by atomic mass is 9.93. The number of hydrogen-bond donors (Lipinski definition) is 3. The maximum atomic E-state index is 12.4. The van der Waals surface area contributed by atoms with Crippen molar-refractivity contribution in [1.29, 1.82) is 0 Å². The Morgan fingerprint density at radius 2 is 2.04 bits per heavy atom. The molecule has 0 fully saturated rings. The van der Waals surface area contributed by atoms with Crippen LogP contribution in [0.1, 0.15) is 46.2 Å². The predicted octanol–water partition coefficient (Wildman–Crippen LogP) is 2.14. The van der Waals surface area contributed by atoms with Crippen molar-refractivity contribution in [2.45, 2.75) is 26.2 Å². The number of aromatic nitrogens is 2. The molecule has 2 aromatic rings. The molecule has 1 aliphatic rings. The van der Waals surface area contributed by atoms with Crippen LogP contribution in [0.2, 0.25) is 0 Å². The Hall–Kier alpha value is -2.96. The Morgan fingerprint density at radius 1 is 1.22 bits per heavy atom. The van der Waals surface area contributed by atoms with Gasteiger partial charge in [-0.25, -0.2) is 4.98 Å². The van der Waals surface area contributed by atoms with Crippen molar-refractivity contribution in [2.24, 2.45) is 0 Å². The number of ketones is 1. The van der Waals surface area contributed by atoms with E-state index in [1.54, 1.807) is 18.3 Å². The van der Waals surface area contributed by atoms with Gasteiger partial charge in [-0.15, -0.1) is 0 Å². The molecule has 7 nitrogen and oxygen atoms in total. The lowest BCUT2D eigenvalue weighted by Crippen LogP contribution is -2.18. The smallest absolute Gasteiger partial charge is 0.257 e. The summed E-state index contributed by atoms with van der Waals surface area (Å²) in [5, 5.41) is 5.26. The summed E-state index contributed by atoms with van der Waals surface area (Å²) in [4.78, 5) is 42.4. The van der Waals surface area contributed by atoms with Crippen LogP contribution < -0.4 is 10.6 Å². The minimum absolute atomic E-state index is 0.00298. The fraction of sp³-hybridized carbons (Fsp3) is 0.250. The van der Waals surface area contributed by atoms with Gasteiger partial charge in [0.1, 0.15) is 5.82 Å². The Labute approximate surface area is 132 Å². The van der Waals surface area contributed by atoms with Gasteiger partial charge in [0.15, 0.2) is 5.78 Å². The van der Waals surface area contributed by atoms with E-state index in [-0.39, 0.29) is 17.6 Å². The number of aromatic amines is 1. The minimum atomic E-state index is -0.355. The van der Waals surface area contributed by atoms with E-state index < -0.39 is 0 Å². The summed E-state index contributed by atoms with van der Waals surface area (Å²) in [6.45, 7) is 1.39. The Balaban J connectivity index is 1.76. The van der Waals surface area contributed by atoms with E-state index >= 15 is 0 Å². The number of anilines is 2. The number of carbonyl (C=O) groups excluding carboxylic acids is 3. The van der Waals surface area contributed by atoms with E-state index in [0.717, 1.165) is 18.5 Å². The highest BCUT2D eigenvalue weighted by Gasteiger charge is 2.25. The molecule has 0 saturated carbocycles. The number of nitrogens with zero attached hydrogens (tertiary/aromatic N) is 1. The number of pyridine rings is 1. The third-order valence-corrected chi connectivity index (χ3v) is 3.64. The summed E-state index contributed by atoms with van der Waals surface area (Å²) in [6.07, 6.45) is 5.08. The van der Waals surface area contributed by atoms with Crippen LogP contribution in [0.5, 0.6) is 0 Å². The highest BCUT2D eigenvalue weighted by Crippen LogP contribution is 2.24. The Bertz CT molecular complexity index is 777. The molecule has 23 heavy (non-hydrogen) atoms. The zero-order valence-corrected chi connectivity index (χ0v) is 12.6. The van der Waals surface area contributed by atoms with Gasteiger partial charge >= 0.3 is 0 Å². The first-order valence-electron chi connectivity index (χ1n) is 7.33. The molecule has 2 amide bonds. The van der Waals surface area contributed by atoms with Gasteiger partial charge < -0.3 is 15.6 Å². The number of amides is 2. The van der Waals surface area contributed by atoms with E-state index in [1.807, 2.05) is 0 Å². The first-order valence-corrected chi connectivity index (χ1v) is 7.33. The molecule has 2 heterocycles. The molecule has 0 atom stereocenters. The SMILES string of the molecule is CC(=O)Nc1ccc(NC(=O)c2c[nH]c3c2C(=O)CCC3)cn1. The molecule has 0 radical (unpaired) electrons. The first-order chi connectivity index (χ1) is 11.0. The zero-order chi connectivity index (χ0) is 16.4. The van der Waals surface area contributed by atoms with Crippen LogP contribution in [-0.4, -0.2) is 27.6 Å². The second-order valence-corrected chi connectivity index (χ2v) is 5.40. The third kappa shape index (κ3) is 3.13. The molecule has 3 N–H and O–H groups in total. The minimum Gasteiger partial charge on any atom is -0.364 e. The average molecular weight is 312 g/mol. The van der Waals surface area contributed by atoms with Crippen LogP contribution in [0.15, 0.2) is 24.5 Å². The highest BCUT2D eigenvalue weighted by molar-refractivity contribution is 6.13.